The number of H-pyrrole nitrogens is 1. The predicted molar refractivity (Wildman–Crippen MR) is 86.4 cm³/mol. The Bertz CT molecular complexity index is 881. The predicted octanol–water partition coefficient (Wildman–Crippen LogP) is 2.97. The zero-order valence-corrected chi connectivity index (χ0v) is 12.8. The van der Waals surface area contributed by atoms with Crippen molar-refractivity contribution in [2.45, 2.75) is 0 Å². The van der Waals surface area contributed by atoms with Gasteiger partial charge in [0.1, 0.15) is 3.70 Å². The van der Waals surface area contributed by atoms with E-state index in [0.717, 1.165) is 14.6 Å². The molecule has 0 atom stereocenters. The highest BCUT2D eigenvalue weighted by Crippen LogP contribution is 2.30. The summed E-state index contributed by atoms with van der Waals surface area (Å²) < 4.78 is 0.927. The molecule has 0 radical (unpaired) electrons. The maximum atomic E-state index is 12.4. The number of nitrogens with one attached hydrogen (secondary N) is 1. The van der Waals surface area contributed by atoms with Crippen LogP contribution in [0.5, 0.6) is 0 Å². The highest BCUT2D eigenvalue weighted by molar-refractivity contribution is 14.1. The summed E-state index contributed by atoms with van der Waals surface area (Å²) in [6.07, 6.45) is 0. The molecule has 4 rings (SSSR count). The molecule has 2 amide bonds. The third-order valence-electron chi connectivity index (χ3n) is 3.54. The Labute approximate surface area is 133 Å². The number of amides is 2. The third kappa shape index (κ3) is 1.72. The molecule has 0 bridgehead atoms. The van der Waals surface area contributed by atoms with Crippen LogP contribution in [0.3, 0.4) is 0 Å². The van der Waals surface area contributed by atoms with Gasteiger partial charge in [-0.2, -0.15) is 5.10 Å². The maximum absolute atomic E-state index is 12.4. The van der Waals surface area contributed by atoms with E-state index in [1.165, 1.54) is 4.90 Å². The Kier molecular flexibility index (Phi) is 2.61. The smallest absolute Gasteiger partial charge is 0.266 e. The molecule has 21 heavy (non-hydrogen) atoms. The number of carbonyl (C=O) groups is 2. The van der Waals surface area contributed by atoms with Crippen molar-refractivity contribution < 1.29 is 9.59 Å². The fourth-order valence-electron chi connectivity index (χ4n) is 2.53. The number of hydrogen-bond donors (Lipinski definition) is 1. The van der Waals surface area contributed by atoms with Crippen LogP contribution in [0, 0.1) is 3.70 Å². The Morgan fingerprint density at radius 3 is 2.33 bits per heavy atom. The number of halogens is 1. The molecule has 1 aromatic heterocycles. The number of carbonyl (C=O) groups excluding carboxylic acids is 2. The lowest BCUT2D eigenvalue weighted by Crippen LogP contribution is -2.29. The van der Waals surface area contributed by atoms with Gasteiger partial charge >= 0.3 is 0 Å². The summed E-state index contributed by atoms with van der Waals surface area (Å²) in [6.45, 7) is 0. The molecule has 3 aromatic rings. The minimum atomic E-state index is -0.291. The van der Waals surface area contributed by atoms with E-state index in [1.807, 2.05) is 6.07 Å². The monoisotopic (exact) mass is 389 g/mol. The van der Waals surface area contributed by atoms with Gasteiger partial charge in [-0.05, 0) is 52.9 Å². The van der Waals surface area contributed by atoms with E-state index < -0.39 is 0 Å². The van der Waals surface area contributed by atoms with Crippen LogP contribution >= 0.6 is 22.6 Å². The van der Waals surface area contributed by atoms with Gasteiger partial charge in [-0.15, -0.1) is 0 Å². The Morgan fingerprint density at radius 2 is 1.67 bits per heavy atom. The summed E-state index contributed by atoms with van der Waals surface area (Å²) in [4.78, 5) is 26.0. The van der Waals surface area contributed by atoms with Crippen LogP contribution in [0.2, 0.25) is 0 Å². The number of rotatable bonds is 1. The maximum Gasteiger partial charge on any atom is 0.266 e. The van der Waals surface area contributed by atoms with E-state index in [4.69, 9.17) is 0 Å². The number of imide groups is 1. The van der Waals surface area contributed by atoms with Crippen LogP contribution < -0.4 is 4.90 Å². The number of nitrogens with zero attached hydrogens (tertiary/aromatic N) is 2. The van der Waals surface area contributed by atoms with Gasteiger partial charge in [-0.3, -0.25) is 14.7 Å². The first-order valence-electron chi connectivity index (χ1n) is 6.28. The van der Waals surface area contributed by atoms with Crippen molar-refractivity contribution in [2.24, 2.45) is 0 Å². The molecule has 2 heterocycles. The molecule has 5 nitrogen and oxygen atoms in total. The molecule has 2 aromatic carbocycles. The summed E-state index contributed by atoms with van der Waals surface area (Å²) in [5.74, 6) is -0.583. The van der Waals surface area contributed by atoms with Crippen molar-refractivity contribution in [3.63, 3.8) is 0 Å². The fourth-order valence-corrected chi connectivity index (χ4v) is 3.11. The first kappa shape index (κ1) is 12.5. The van der Waals surface area contributed by atoms with Crippen LogP contribution in [0.25, 0.3) is 10.9 Å². The van der Waals surface area contributed by atoms with Crippen molar-refractivity contribution in [1.29, 1.82) is 0 Å². The SMILES string of the molecule is O=C1c2ccccc2C(=O)N1c1ccc2c(I)[nH]nc2c1. The molecule has 0 fully saturated rings. The molecule has 6 heteroatoms. The molecule has 1 aliphatic rings. The number of aromatic amines is 1. The minimum Gasteiger partial charge on any atom is -0.271 e. The molecule has 0 unspecified atom stereocenters. The van der Waals surface area contributed by atoms with Gasteiger partial charge in [0.05, 0.1) is 22.3 Å². The van der Waals surface area contributed by atoms with E-state index in [0.29, 0.717) is 16.8 Å². The molecule has 0 saturated carbocycles. The van der Waals surface area contributed by atoms with Gasteiger partial charge < -0.3 is 0 Å². The second kappa shape index (κ2) is 4.39. The average Bonchev–Trinajstić information content (AvgIpc) is 2.99. The number of aromatic nitrogens is 2. The number of anilines is 1. The standard InChI is InChI=1S/C15H8IN3O2/c16-13-11-6-5-8(7-12(11)17-18-13)19-14(20)9-3-1-2-4-10(9)15(19)21/h1-7H,(H,17,18). The van der Waals surface area contributed by atoms with Crippen molar-refractivity contribution in [3.8, 4) is 0 Å². The highest BCUT2D eigenvalue weighted by Gasteiger charge is 2.36. The van der Waals surface area contributed by atoms with Crippen molar-refractivity contribution in [3.05, 3.63) is 57.3 Å². The van der Waals surface area contributed by atoms with Crippen LogP contribution in [0.1, 0.15) is 20.7 Å². The van der Waals surface area contributed by atoms with E-state index in [9.17, 15) is 9.59 Å². The molecule has 1 N–H and O–H groups in total. The summed E-state index contributed by atoms with van der Waals surface area (Å²) in [7, 11) is 0. The van der Waals surface area contributed by atoms with E-state index >= 15 is 0 Å². The Hall–Kier alpha value is -2.22. The largest absolute Gasteiger partial charge is 0.271 e. The van der Waals surface area contributed by atoms with E-state index in [-0.39, 0.29) is 11.8 Å². The quantitative estimate of drug-likeness (QED) is 0.514. The number of benzene rings is 2. The van der Waals surface area contributed by atoms with Gasteiger partial charge in [0.25, 0.3) is 11.8 Å². The number of fused-ring (bicyclic) bond motifs is 2. The lowest BCUT2D eigenvalue weighted by molar-refractivity contribution is 0.0926. The van der Waals surface area contributed by atoms with Crippen LogP contribution in [0.4, 0.5) is 5.69 Å². The summed E-state index contributed by atoms with van der Waals surface area (Å²) in [5.41, 5.74) is 2.16. The Morgan fingerprint density at radius 1 is 1.00 bits per heavy atom. The van der Waals surface area contributed by atoms with E-state index in [1.54, 1.807) is 36.4 Å². The first-order chi connectivity index (χ1) is 10.2. The normalized spacial score (nSPS) is 14.0. The highest BCUT2D eigenvalue weighted by atomic mass is 127. The average molecular weight is 389 g/mol. The molecule has 0 aliphatic carbocycles. The molecule has 0 saturated heterocycles. The van der Waals surface area contributed by atoms with Crippen molar-refractivity contribution >= 4 is 51.0 Å². The Balaban J connectivity index is 1.86. The topological polar surface area (TPSA) is 66.1 Å². The van der Waals surface area contributed by atoms with Gasteiger partial charge in [0.2, 0.25) is 0 Å². The van der Waals surface area contributed by atoms with Crippen molar-refractivity contribution in [1.82, 2.24) is 10.2 Å². The molecule has 0 spiro atoms. The summed E-state index contributed by atoms with van der Waals surface area (Å²) in [5, 5.41) is 8.02. The minimum absolute atomic E-state index is 0.291. The molecular weight excluding hydrogens is 381 g/mol. The second-order valence-corrected chi connectivity index (χ2v) is 5.81. The van der Waals surface area contributed by atoms with Crippen LogP contribution in [-0.4, -0.2) is 22.0 Å². The number of hydrogen-bond acceptors (Lipinski definition) is 3. The third-order valence-corrected chi connectivity index (χ3v) is 4.37. The zero-order valence-electron chi connectivity index (χ0n) is 10.6. The second-order valence-electron chi connectivity index (χ2n) is 4.73. The molecule has 102 valence electrons. The lowest BCUT2D eigenvalue weighted by Gasteiger charge is -2.13. The fraction of sp³-hybridized carbons (Fsp3) is 0. The zero-order chi connectivity index (χ0) is 14.6. The lowest BCUT2D eigenvalue weighted by atomic mass is 10.1. The molecular formula is C15H8IN3O2. The first-order valence-corrected chi connectivity index (χ1v) is 7.36. The van der Waals surface area contributed by atoms with Gasteiger partial charge in [-0.25, -0.2) is 4.90 Å². The van der Waals surface area contributed by atoms with Gasteiger partial charge in [0, 0.05) is 5.39 Å². The van der Waals surface area contributed by atoms with Crippen LogP contribution in [0.15, 0.2) is 42.5 Å². The van der Waals surface area contributed by atoms with Crippen LogP contribution in [-0.2, 0) is 0 Å². The molecule has 1 aliphatic heterocycles. The van der Waals surface area contributed by atoms with Gasteiger partial charge in [-0.1, -0.05) is 12.1 Å². The van der Waals surface area contributed by atoms with Gasteiger partial charge in [0.15, 0.2) is 0 Å². The summed E-state index contributed by atoms with van der Waals surface area (Å²) >= 11 is 2.16. The van der Waals surface area contributed by atoms with E-state index in [2.05, 4.69) is 32.8 Å². The summed E-state index contributed by atoms with van der Waals surface area (Å²) in [6, 6.07) is 12.2. The van der Waals surface area contributed by atoms with Crippen molar-refractivity contribution in [2.75, 3.05) is 4.90 Å².